The first kappa shape index (κ1) is 20.1. The molecule has 2 amide bonds. The standard InChI is InChI=1S/C18H24ClN3O4S/c1-27(25,26)20-11-13-4-2-8-21(12-13)18(24)15-7-6-14(19)10-16(15)22-9-3-5-17(22)23/h6-7,10,13,20H,2-5,8-9,11-12H2,1H3/t13-/m0/s1. The van der Waals surface area contributed by atoms with Gasteiger partial charge in [-0.05, 0) is 43.4 Å². The van der Waals surface area contributed by atoms with E-state index in [-0.39, 0.29) is 17.7 Å². The molecule has 2 fully saturated rings. The number of hydrogen-bond donors (Lipinski definition) is 1. The van der Waals surface area contributed by atoms with Crippen molar-refractivity contribution in [1.29, 1.82) is 0 Å². The van der Waals surface area contributed by atoms with Gasteiger partial charge in [0, 0.05) is 37.6 Å². The first-order valence-electron chi connectivity index (χ1n) is 9.08. The SMILES string of the molecule is CS(=O)(=O)NC[C@@H]1CCCN(C(=O)c2ccc(Cl)cc2N2CCCC2=O)C1. The second-order valence-corrected chi connectivity index (χ2v) is 9.46. The van der Waals surface area contributed by atoms with Gasteiger partial charge in [-0.1, -0.05) is 11.6 Å². The van der Waals surface area contributed by atoms with Crippen LogP contribution in [0.25, 0.3) is 0 Å². The van der Waals surface area contributed by atoms with Crippen LogP contribution in [0, 0.1) is 5.92 Å². The predicted molar refractivity (Wildman–Crippen MR) is 105 cm³/mol. The molecule has 0 unspecified atom stereocenters. The molecule has 0 aromatic heterocycles. The fraction of sp³-hybridized carbons (Fsp3) is 0.556. The van der Waals surface area contributed by atoms with Crippen molar-refractivity contribution < 1.29 is 18.0 Å². The van der Waals surface area contributed by atoms with E-state index in [1.807, 2.05) is 0 Å². The zero-order chi connectivity index (χ0) is 19.6. The van der Waals surface area contributed by atoms with Gasteiger partial charge in [0.1, 0.15) is 0 Å². The molecule has 1 N–H and O–H groups in total. The molecule has 1 atom stereocenters. The molecule has 2 saturated heterocycles. The number of likely N-dealkylation sites (tertiary alicyclic amines) is 1. The molecular weight excluding hydrogens is 390 g/mol. The van der Waals surface area contributed by atoms with E-state index < -0.39 is 10.0 Å². The maximum absolute atomic E-state index is 13.1. The van der Waals surface area contributed by atoms with Gasteiger partial charge in [0.25, 0.3) is 5.91 Å². The molecule has 2 aliphatic heterocycles. The van der Waals surface area contributed by atoms with Gasteiger partial charge in [0.2, 0.25) is 15.9 Å². The number of rotatable bonds is 5. The van der Waals surface area contributed by atoms with Crippen molar-refractivity contribution >= 4 is 39.1 Å². The molecule has 3 rings (SSSR count). The molecule has 27 heavy (non-hydrogen) atoms. The Hall–Kier alpha value is -1.64. The molecule has 0 radical (unpaired) electrons. The van der Waals surface area contributed by atoms with E-state index in [1.165, 1.54) is 0 Å². The van der Waals surface area contributed by atoms with Gasteiger partial charge in [-0.25, -0.2) is 13.1 Å². The summed E-state index contributed by atoms with van der Waals surface area (Å²) in [6.45, 7) is 2.00. The van der Waals surface area contributed by atoms with Gasteiger partial charge in [0.05, 0.1) is 17.5 Å². The molecule has 0 aliphatic carbocycles. The number of halogens is 1. The minimum absolute atomic E-state index is 0.000176. The van der Waals surface area contributed by atoms with E-state index in [0.717, 1.165) is 25.5 Å². The Morgan fingerprint density at radius 3 is 2.74 bits per heavy atom. The van der Waals surface area contributed by atoms with Crippen molar-refractivity contribution in [2.24, 2.45) is 5.92 Å². The lowest BCUT2D eigenvalue weighted by molar-refractivity contribution is -0.117. The van der Waals surface area contributed by atoms with Crippen molar-refractivity contribution in [2.45, 2.75) is 25.7 Å². The lowest BCUT2D eigenvalue weighted by Crippen LogP contribution is -2.44. The van der Waals surface area contributed by atoms with Gasteiger partial charge >= 0.3 is 0 Å². The third-order valence-electron chi connectivity index (χ3n) is 4.99. The fourth-order valence-electron chi connectivity index (χ4n) is 3.67. The molecule has 0 saturated carbocycles. The fourth-order valence-corrected chi connectivity index (χ4v) is 4.37. The summed E-state index contributed by atoms with van der Waals surface area (Å²) in [5.41, 5.74) is 1.03. The number of nitrogens with one attached hydrogen (secondary N) is 1. The van der Waals surface area contributed by atoms with Gasteiger partial charge in [-0.15, -0.1) is 0 Å². The number of hydrogen-bond acceptors (Lipinski definition) is 4. The number of piperidine rings is 1. The average molecular weight is 414 g/mol. The smallest absolute Gasteiger partial charge is 0.255 e. The number of benzene rings is 1. The summed E-state index contributed by atoms with van der Waals surface area (Å²) in [4.78, 5) is 28.7. The molecule has 9 heteroatoms. The third kappa shape index (κ3) is 5.00. The molecule has 2 aliphatic rings. The molecule has 2 heterocycles. The van der Waals surface area contributed by atoms with Crippen LogP contribution in [0.3, 0.4) is 0 Å². The summed E-state index contributed by atoms with van der Waals surface area (Å²) in [5, 5.41) is 0.482. The predicted octanol–water partition coefficient (Wildman–Crippen LogP) is 1.87. The van der Waals surface area contributed by atoms with Crippen LogP contribution < -0.4 is 9.62 Å². The van der Waals surface area contributed by atoms with Crippen molar-refractivity contribution in [3.05, 3.63) is 28.8 Å². The summed E-state index contributed by atoms with van der Waals surface area (Å²) in [6, 6.07) is 5.00. The Labute approximate surface area is 164 Å². The lowest BCUT2D eigenvalue weighted by atomic mass is 9.97. The quantitative estimate of drug-likeness (QED) is 0.798. The van der Waals surface area contributed by atoms with Crippen molar-refractivity contribution in [2.75, 3.05) is 37.3 Å². The third-order valence-corrected chi connectivity index (χ3v) is 5.92. The van der Waals surface area contributed by atoms with Crippen molar-refractivity contribution in [3.8, 4) is 0 Å². The van der Waals surface area contributed by atoms with Crippen LogP contribution in [-0.4, -0.2) is 57.6 Å². The number of carbonyl (C=O) groups excluding carboxylic acids is 2. The summed E-state index contributed by atoms with van der Waals surface area (Å²) < 4.78 is 25.2. The molecule has 7 nitrogen and oxygen atoms in total. The van der Waals surface area contributed by atoms with E-state index in [1.54, 1.807) is 28.0 Å². The number of sulfonamides is 1. The van der Waals surface area contributed by atoms with E-state index in [0.29, 0.717) is 48.9 Å². The Morgan fingerprint density at radius 1 is 1.30 bits per heavy atom. The normalized spacial score (nSPS) is 21.0. The maximum atomic E-state index is 13.1. The zero-order valence-corrected chi connectivity index (χ0v) is 16.9. The highest BCUT2D eigenvalue weighted by Crippen LogP contribution is 2.30. The minimum atomic E-state index is -3.25. The average Bonchev–Trinajstić information content (AvgIpc) is 3.05. The highest BCUT2D eigenvalue weighted by molar-refractivity contribution is 7.88. The summed E-state index contributed by atoms with van der Waals surface area (Å²) in [6.07, 6.45) is 4.05. The topological polar surface area (TPSA) is 86.8 Å². The number of anilines is 1. The summed E-state index contributed by atoms with van der Waals surface area (Å²) >= 11 is 6.11. The summed E-state index contributed by atoms with van der Waals surface area (Å²) in [5.74, 6) is -0.0767. The van der Waals surface area contributed by atoms with Crippen molar-refractivity contribution in [3.63, 3.8) is 0 Å². The van der Waals surface area contributed by atoms with Gasteiger partial charge in [0.15, 0.2) is 0 Å². The van der Waals surface area contributed by atoms with E-state index in [9.17, 15) is 18.0 Å². The highest BCUT2D eigenvalue weighted by Gasteiger charge is 2.30. The van der Waals surface area contributed by atoms with E-state index >= 15 is 0 Å². The van der Waals surface area contributed by atoms with Gasteiger partial charge < -0.3 is 9.80 Å². The van der Waals surface area contributed by atoms with Crippen LogP contribution in [-0.2, 0) is 14.8 Å². The van der Waals surface area contributed by atoms with Crippen LogP contribution in [0.15, 0.2) is 18.2 Å². The van der Waals surface area contributed by atoms with Gasteiger partial charge in [-0.2, -0.15) is 0 Å². The van der Waals surface area contributed by atoms with Crippen LogP contribution in [0.2, 0.25) is 5.02 Å². The van der Waals surface area contributed by atoms with Crippen LogP contribution >= 0.6 is 11.6 Å². The summed E-state index contributed by atoms with van der Waals surface area (Å²) in [7, 11) is -3.25. The Morgan fingerprint density at radius 2 is 2.07 bits per heavy atom. The molecule has 148 valence electrons. The molecular formula is C18H24ClN3O4S. The number of carbonyl (C=O) groups is 2. The molecule has 0 spiro atoms. The monoisotopic (exact) mass is 413 g/mol. The van der Waals surface area contributed by atoms with Crippen LogP contribution in [0.4, 0.5) is 5.69 Å². The second kappa shape index (κ2) is 8.16. The lowest BCUT2D eigenvalue weighted by Gasteiger charge is -2.33. The first-order chi connectivity index (χ1) is 12.7. The molecule has 1 aromatic rings. The van der Waals surface area contributed by atoms with Crippen molar-refractivity contribution in [1.82, 2.24) is 9.62 Å². The Bertz CT molecular complexity index is 843. The first-order valence-corrected chi connectivity index (χ1v) is 11.4. The number of amides is 2. The highest BCUT2D eigenvalue weighted by atomic mass is 35.5. The van der Waals surface area contributed by atoms with E-state index in [4.69, 9.17) is 11.6 Å². The zero-order valence-electron chi connectivity index (χ0n) is 15.3. The Balaban J connectivity index is 1.78. The molecule has 0 bridgehead atoms. The second-order valence-electron chi connectivity index (χ2n) is 7.19. The van der Waals surface area contributed by atoms with Crippen LogP contribution in [0.5, 0.6) is 0 Å². The minimum Gasteiger partial charge on any atom is -0.338 e. The van der Waals surface area contributed by atoms with E-state index in [2.05, 4.69) is 4.72 Å². The Kier molecular flexibility index (Phi) is 6.08. The molecule has 1 aromatic carbocycles. The van der Waals surface area contributed by atoms with Gasteiger partial charge in [-0.3, -0.25) is 9.59 Å². The van der Waals surface area contributed by atoms with Crippen LogP contribution in [0.1, 0.15) is 36.0 Å². The number of nitrogens with zero attached hydrogens (tertiary/aromatic N) is 2. The largest absolute Gasteiger partial charge is 0.338 e. The maximum Gasteiger partial charge on any atom is 0.255 e.